The number of aromatic nitrogens is 2. The van der Waals surface area contributed by atoms with Crippen molar-refractivity contribution in [2.45, 2.75) is 19.5 Å². The summed E-state index contributed by atoms with van der Waals surface area (Å²) >= 11 is 0. The maximum Gasteiger partial charge on any atom is 0.194 e. The molecule has 0 aliphatic carbocycles. The van der Waals surface area contributed by atoms with Crippen LogP contribution in [0.15, 0.2) is 59.7 Å². The van der Waals surface area contributed by atoms with Gasteiger partial charge in [0.1, 0.15) is 0 Å². The molecule has 0 atom stereocenters. The Bertz CT molecular complexity index is 1040. The van der Waals surface area contributed by atoms with Gasteiger partial charge in [0.05, 0.1) is 32.1 Å². The molecule has 0 fully saturated rings. The number of aliphatic imine (C=N–C) groups is 1. The van der Waals surface area contributed by atoms with Gasteiger partial charge in [-0.05, 0) is 47.9 Å². The molecule has 0 unspecified atom stereocenters. The van der Waals surface area contributed by atoms with Gasteiger partial charge < -0.3 is 19.7 Å². The third-order valence-electron chi connectivity index (χ3n) is 5.32. The summed E-state index contributed by atoms with van der Waals surface area (Å²) < 4.78 is 12.8. The summed E-state index contributed by atoms with van der Waals surface area (Å²) in [4.78, 5) is 6.73. The zero-order valence-corrected chi connectivity index (χ0v) is 20.4. The quantitative estimate of drug-likeness (QED) is 0.309. The zero-order valence-electron chi connectivity index (χ0n) is 18.0. The Balaban J connectivity index is 0.00000272. The first kappa shape index (κ1) is 22.9. The molecule has 2 heterocycles. The molecule has 8 heteroatoms. The molecule has 1 N–H and O–H groups in total. The molecule has 1 aliphatic rings. The van der Waals surface area contributed by atoms with E-state index in [0.717, 1.165) is 48.4 Å². The highest BCUT2D eigenvalue weighted by molar-refractivity contribution is 14.0. The van der Waals surface area contributed by atoms with Crippen LogP contribution in [0.4, 0.5) is 0 Å². The van der Waals surface area contributed by atoms with Gasteiger partial charge in [-0.15, -0.1) is 24.0 Å². The number of ether oxygens (including phenoxy) is 2. The molecule has 1 aliphatic heterocycles. The van der Waals surface area contributed by atoms with Gasteiger partial charge in [-0.1, -0.05) is 18.2 Å². The molecule has 3 aromatic rings. The van der Waals surface area contributed by atoms with Crippen LogP contribution in [0.5, 0.6) is 11.5 Å². The van der Waals surface area contributed by atoms with E-state index in [1.807, 2.05) is 54.3 Å². The van der Waals surface area contributed by atoms with Crippen molar-refractivity contribution in [2.24, 2.45) is 4.99 Å². The van der Waals surface area contributed by atoms with Gasteiger partial charge in [0, 0.05) is 26.3 Å². The number of nitrogens with zero attached hydrogens (tertiary/aromatic N) is 4. The number of halogens is 1. The number of methoxy groups -OCH3 is 2. The van der Waals surface area contributed by atoms with Crippen molar-refractivity contribution in [3.05, 3.63) is 71.5 Å². The molecular formula is C23H28IN5O2. The Morgan fingerprint density at radius 2 is 1.77 bits per heavy atom. The molecule has 0 spiro atoms. The second-order valence-corrected chi connectivity index (χ2v) is 7.14. The van der Waals surface area contributed by atoms with E-state index in [9.17, 15) is 0 Å². The molecular weight excluding hydrogens is 505 g/mol. The van der Waals surface area contributed by atoms with Gasteiger partial charge >= 0.3 is 0 Å². The van der Waals surface area contributed by atoms with E-state index in [4.69, 9.17) is 9.47 Å². The van der Waals surface area contributed by atoms with Crippen LogP contribution >= 0.6 is 24.0 Å². The predicted octanol–water partition coefficient (Wildman–Crippen LogP) is 3.64. The van der Waals surface area contributed by atoms with Crippen molar-refractivity contribution in [3.8, 4) is 17.2 Å². The SMILES string of the molecule is CN=C(NCc1ccn(-c2ccccc2)n1)N1CCc2cc(OC)c(OC)cc2C1.I. The van der Waals surface area contributed by atoms with E-state index in [2.05, 4.69) is 32.4 Å². The lowest BCUT2D eigenvalue weighted by Gasteiger charge is -2.32. The topological polar surface area (TPSA) is 63.9 Å². The minimum atomic E-state index is 0. The fraction of sp³-hybridized carbons (Fsp3) is 0.304. The minimum Gasteiger partial charge on any atom is -0.493 e. The van der Waals surface area contributed by atoms with Crippen molar-refractivity contribution in [3.63, 3.8) is 0 Å². The number of hydrogen-bond donors (Lipinski definition) is 1. The van der Waals surface area contributed by atoms with Gasteiger partial charge in [-0.2, -0.15) is 5.10 Å². The number of nitrogens with one attached hydrogen (secondary N) is 1. The second kappa shape index (κ2) is 10.5. The summed E-state index contributed by atoms with van der Waals surface area (Å²) in [5.41, 5.74) is 4.53. The fourth-order valence-corrected chi connectivity index (χ4v) is 3.75. The Labute approximate surface area is 200 Å². The Kier molecular flexibility index (Phi) is 7.78. The maximum atomic E-state index is 5.47. The van der Waals surface area contributed by atoms with Crippen LogP contribution in [0, 0.1) is 0 Å². The third kappa shape index (κ3) is 5.12. The first-order valence-corrected chi connectivity index (χ1v) is 10.0. The molecule has 0 radical (unpaired) electrons. The Morgan fingerprint density at radius 3 is 2.45 bits per heavy atom. The van der Waals surface area contributed by atoms with Crippen molar-refractivity contribution < 1.29 is 9.47 Å². The van der Waals surface area contributed by atoms with Crippen LogP contribution < -0.4 is 14.8 Å². The van der Waals surface area contributed by atoms with Gasteiger partial charge in [-0.25, -0.2) is 4.68 Å². The standard InChI is InChI=1S/C23H27N5O2.HI/c1-24-23(25-15-19-10-12-28(26-19)20-7-5-4-6-8-20)27-11-9-17-13-21(29-2)22(30-3)14-18(17)16-27;/h4-8,10,12-14H,9,11,15-16H2,1-3H3,(H,24,25);1H. The Morgan fingerprint density at radius 1 is 1.06 bits per heavy atom. The molecule has 2 aromatic carbocycles. The van der Waals surface area contributed by atoms with Crippen LogP contribution in [0.2, 0.25) is 0 Å². The van der Waals surface area contributed by atoms with E-state index in [1.54, 1.807) is 14.2 Å². The summed E-state index contributed by atoms with van der Waals surface area (Å²) in [6.07, 6.45) is 2.91. The summed E-state index contributed by atoms with van der Waals surface area (Å²) in [7, 11) is 5.15. The van der Waals surface area contributed by atoms with E-state index < -0.39 is 0 Å². The highest BCUT2D eigenvalue weighted by atomic mass is 127. The van der Waals surface area contributed by atoms with Crippen LogP contribution in [0.3, 0.4) is 0 Å². The van der Waals surface area contributed by atoms with Crippen molar-refractivity contribution in [2.75, 3.05) is 27.8 Å². The van der Waals surface area contributed by atoms with Crippen LogP contribution in [0.25, 0.3) is 5.69 Å². The van der Waals surface area contributed by atoms with Crippen molar-refractivity contribution in [1.29, 1.82) is 0 Å². The van der Waals surface area contributed by atoms with Crippen LogP contribution in [-0.4, -0.2) is 48.5 Å². The summed E-state index contributed by atoms with van der Waals surface area (Å²) in [5, 5.41) is 8.11. The molecule has 0 amide bonds. The first-order valence-electron chi connectivity index (χ1n) is 10.0. The van der Waals surface area contributed by atoms with E-state index >= 15 is 0 Å². The smallest absolute Gasteiger partial charge is 0.194 e. The van der Waals surface area contributed by atoms with Crippen LogP contribution in [0.1, 0.15) is 16.8 Å². The van der Waals surface area contributed by atoms with Gasteiger partial charge in [0.25, 0.3) is 0 Å². The van der Waals surface area contributed by atoms with Gasteiger partial charge in [0.2, 0.25) is 0 Å². The lowest BCUT2D eigenvalue weighted by atomic mass is 9.99. The average molecular weight is 533 g/mol. The van der Waals surface area contributed by atoms with Crippen molar-refractivity contribution >= 4 is 29.9 Å². The number of hydrogen-bond acceptors (Lipinski definition) is 4. The molecule has 0 saturated carbocycles. The highest BCUT2D eigenvalue weighted by Gasteiger charge is 2.21. The third-order valence-corrected chi connectivity index (χ3v) is 5.32. The summed E-state index contributed by atoms with van der Waals surface area (Å²) in [6, 6.07) is 16.3. The number of benzene rings is 2. The lowest BCUT2D eigenvalue weighted by Crippen LogP contribution is -2.43. The lowest BCUT2D eigenvalue weighted by molar-refractivity contribution is 0.346. The van der Waals surface area contributed by atoms with Gasteiger partial charge in [0.15, 0.2) is 17.5 Å². The summed E-state index contributed by atoms with van der Waals surface area (Å²) in [5.74, 6) is 2.40. The molecule has 7 nitrogen and oxygen atoms in total. The van der Waals surface area contributed by atoms with Crippen LogP contribution in [-0.2, 0) is 19.5 Å². The molecule has 31 heavy (non-hydrogen) atoms. The largest absolute Gasteiger partial charge is 0.493 e. The van der Waals surface area contributed by atoms with Crippen molar-refractivity contribution in [1.82, 2.24) is 20.0 Å². The van der Waals surface area contributed by atoms with E-state index in [1.165, 1.54) is 11.1 Å². The molecule has 0 saturated heterocycles. The Hall–Kier alpha value is -2.75. The van der Waals surface area contributed by atoms with E-state index in [0.29, 0.717) is 6.54 Å². The first-order chi connectivity index (χ1) is 14.7. The number of rotatable bonds is 5. The van der Waals surface area contributed by atoms with E-state index in [-0.39, 0.29) is 24.0 Å². The number of guanidine groups is 1. The summed E-state index contributed by atoms with van der Waals surface area (Å²) in [6.45, 7) is 2.27. The maximum absolute atomic E-state index is 5.47. The fourth-order valence-electron chi connectivity index (χ4n) is 3.75. The molecule has 0 bridgehead atoms. The molecule has 1 aromatic heterocycles. The monoisotopic (exact) mass is 533 g/mol. The number of para-hydroxylation sites is 1. The highest BCUT2D eigenvalue weighted by Crippen LogP contribution is 2.33. The average Bonchev–Trinajstić information content (AvgIpc) is 3.28. The number of fused-ring (bicyclic) bond motifs is 1. The zero-order chi connectivity index (χ0) is 20.9. The second-order valence-electron chi connectivity index (χ2n) is 7.14. The van der Waals surface area contributed by atoms with Gasteiger partial charge in [-0.3, -0.25) is 4.99 Å². The minimum absolute atomic E-state index is 0. The molecule has 164 valence electrons. The predicted molar refractivity (Wildman–Crippen MR) is 133 cm³/mol. The normalized spacial score (nSPS) is 13.3. The molecule has 4 rings (SSSR count).